The second-order valence-corrected chi connectivity index (χ2v) is 6.13. The van der Waals surface area contributed by atoms with Gasteiger partial charge < -0.3 is 15.2 Å². The fourth-order valence-electron chi connectivity index (χ4n) is 1.96. The highest BCUT2D eigenvalue weighted by molar-refractivity contribution is 7.08. The van der Waals surface area contributed by atoms with Crippen LogP contribution in [0.4, 0.5) is 0 Å². The van der Waals surface area contributed by atoms with E-state index in [0.717, 1.165) is 11.1 Å². The average Bonchev–Trinajstić information content (AvgIpc) is 3.06. The summed E-state index contributed by atoms with van der Waals surface area (Å²) in [6.45, 7) is 2.75. The Bertz CT molecular complexity index is 567. The van der Waals surface area contributed by atoms with E-state index in [9.17, 15) is 9.90 Å². The molecule has 0 saturated carbocycles. The highest BCUT2D eigenvalue weighted by Crippen LogP contribution is 2.21. The Labute approximate surface area is 134 Å². The molecule has 0 aliphatic heterocycles. The van der Waals surface area contributed by atoms with E-state index in [1.54, 1.807) is 6.92 Å². The first kappa shape index (κ1) is 16.7. The molecule has 0 fully saturated rings. The number of hydrogen-bond donors (Lipinski definition) is 2. The normalized spacial score (nSPS) is 13.5. The molecular formula is C17H21NO3S. The first-order valence-electron chi connectivity index (χ1n) is 7.21. The van der Waals surface area contributed by atoms with Gasteiger partial charge in [0.15, 0.2) is 0 Å². The quantitative estimate of drug-likeness (QED) is 0.736. The molecule has 0 aliphatic carbocycles. The Morgan fingerprint density at radius 2 is 2.09 bits per heavy atom. The number of ether oxygens (including phenoxy) is 1. The summed E-state index contributed by atoms with van der Waals surface area (Å²) in [5, 5.41) is 16.8. The topological polar surface area (TPSA) is 58.6 Å². The third-order valence-electron chi connectivity index (χ3n) is 3.36. The lowest BCUT2D eigenvalue weighted by molar-refractivity contribution is -0.123. The molecule has 1 unspecified atom stereocenters. The van der Waals surface area contributed by atoms with Crippen molar-refractivity contribution >= 4 is 17.2 Å². The molecule has 4 nitrogen and oxygen atoms in total. The highest BCUT2D eigenvalue weighted by Gasteiger charge is 2.23. The van der Waals surface area contributed by atoms with Gasteiger partial charge in [-0.2, -0.15) is 11.3 Å². The average molecular weight is 319 g/mol. The van der Waals surface area contributed by atoms with E-state index >= 15 is 0 Å². The molecule has 0 bridgehead atoms. The highest BCUT2D eigenvalue weighted by atomic mass is 32.1. The maximum absolute atomic E-state index is 11.8. The fraction of sp³-hybridized carbons (Fsp3) is 0.353. The molecule has 0 aliphatic rings. The summed E-state index contributed by atoms with van der Waals surface area (Å²) in [5.74, 6) is -0.122. The SMILES string of the molecule is CC(O)(CNC(=O)CCOCc1ccccc1)c1ccsc1. The third-order valence-corrected chi connectivity index (χ3v) is 4.04. The van der Waals surface area contributed by atoms with Crippen molar-refractivity contribution in [3.63, 3.8) is 0 Å². The van der Waals surface area contributed by atoms with Crippen molar-refractivity contribution in [1.82, 2.24) is 5.32 Å². The minimum absolute atomic E-state index is 0.122. The summed E-state index contributed by atoms with van der Waals surface area (Å²) in [7, 11) is 0. The Kier molecular flexibility index (Phi) is 6.12. The number of nitrogens with one attached hydrogen (secondary N) is 1. The van der Waals surface area contributed by atoms with Crippen LogP contribution in [0.25, 0.3) is 0 Å². The van der Waals surface area contributed by atoms with Crippen molar-refractivity contribution in [3.8, 4) is 0 Å². The van der Waals surface area contributed by atoms with Crippen LogP contribution in [-0.2, 0) is 21.7 Å². The number of hydrogen-bond acceptors (Lipinski definition) is 4. The maximum Gasteiger partial charge on any atom is 0.222 e. The zero-order chi connectivity index (χ0) is 15.8. The summed E-state index contributed by atoms with van der Waals surface area (Å²) in [5.41, 5.74) is 0.863. The van der Waals surface area contributed by atoms with Crippen LogP contribution in [0.5, 0.6) is 0 Å². The van der Waals surface area contributed by atoms with Gasteiger partial charge in [0.05, 0.1) is 19.8 Å². The van der Waals surface area contributed by atoms with E-state index in [4.69, 9.17) is 4.74 Å². The number of carbonyl (C=O) groups is 1. The van der Waals surface area contributed by atoms with E-state index in [1.807, 2.05) is 47.2 Å². The minimum Gasteiger partial charge on any atom is -0.384 e. The molecule has 22 heavy (non-hydrogen) atoms. The molecule has 1 aromatic heterocycles. The largest absolute Gasteiger partial charge is 0.384 e. The number of carbonyl (C=O) groups excluding carboxylic acids is 1. The molecular weight excluding hydrogens is 298 g/mol. The van der Waals surface area contributed by atoms with Crippen LogP contribution >= 0.6 is 11.3 Å². The van der Waals surface area contributed by atoms with Gasteiger partial charge in [0.2, 0.25) is 5.91 Å². The molecule has 2 N–H and O–H groups in total. The van der Waals surface area contributed by atoms with Crippen LogP contribution in [0, 0.1) is 0 Å². The number of thiophene rings is 1. The van der Waals surface area contributed by atoms with Crippen molar-refractivity contribution in [2.24, 2.45) is 0 Å². The van der Waals surface area contributed by atoms with Crippen molar-refractivity contribution in [2.45, 2.75) is 25.6 Å². The standard InChI is InChI=1S/C17H21NO3S/c1-17(20,15-8-10-22-12-15)13-18-16(19)7-9-21-11-14-5-3-2-4-6-14/h2-6,8,10,12,20H,7,9,11,13H2,1H3,(H,18,19). The van der Waals surface area contributed by atoms with Crippen LogP contribution in [0.1, 0.15) is 24.5 Å². The predicted octanol–water partition coefficient (Wildman–Crippen LogP) is 2.68. The molecule has 2 rings (SSSR count). The second-order valence-electron chi connectivity index (χ2n) is 5.35. The first-order chi connectivity index (χ1) is 10.6. The van der Waals surface area contributed by atoms with Crippen molar-refractivity contribution in [3.05, 3.63) is 58.3 Å². The summed E-state index contributed by atoms with van der Waals surface area (Å²) < 4.78 is 5.47. The molecule has 1 heterocycles. The van der Waals surface area contributed by atoms with Gasteiger partial charge in [-0.15, -0.1) is 0 Å². The maximum atomic E-state index is 11.8. The Morgan fingerprint density at radius 1 is 1.32 bits per heavy atom. The molecule has 2 aromatic rings. The fourth-order valence-corrected chi connectivity index (χ4v) is 2.74. The summed E-state index contributed by atoms with van der Waals surface area (Å²) >= 11 is 1.52. The van der Waals surface area contributed by atoms with Gasteiger partial charge in [0.1, 0.15) is 5.60 Å². The molecule has 118 valence electrons. The number of aliphatic hydroxyl groups is 1. The summed E-state index contributed by atoms with van der Waals surface area (Å²) in [6.07, 6.45) is 0.284. The minimum atomic E-state index is -1.04. The lowest BCUT2D eigenvalue weighted by Gasteiger charge is -2.22. The van der Waals surface area contributed by atoms with Crippen LogP contribution in [-0.4, -0.2) is 24.2 Å². The Balaban J connectivity index is 1.64. The van der Waals surface area contributed by atoms with Crippen LogP contribution in [0.15, 0.2) is 47.2 Å². The van der Waals surface area contributed by atoms with E-state index in [2.05, 4.69) is 5.32 Å². The molecule has 1 aromatic carbocycles. The zero-order valence-electron chi connectivity index (χ0n) is 12.6. The van der Waals surface area contributed by atoms with Gasteiger partial charge in [-0.05, 0) is 34.9 Å². The summed E-state index contributed by atoms with van der Waals surface area (Å²) in [6, 6.07) is 11.7. The lowest BCUT2D eigenvalue weighted by Crippen LogP contribution is -2.38. The van der Waals surface area contributed by atoms with E-state index in [1.165, 1.54) is 11.3 Å². The van der Waals surface area contributed by atoms with Gasteiger partial charge in [-0.25, -0.2) is 0 Å². The zero-order valence-corrected chi connectivity index (χ0v) is 13.4. The number of benzene rings is 1. The monoisotopic (exact) mass is 319 g/mol. The van der Waals surface area contributed by atoms with Crippen molar-refractivity contribution in [2.75, 3.05) is 13.2 Å². The van der Waals surface area contributed by atoms with Gasteiger partial charge in [0, 0.05) is 6.42 Å². The number of rotatable bonds is 8. The van der Waals surface area contributed by atoms with Crippen molar-refractivity contribution < 1.29 is 14.6 Å². The van der Waals surface area contributed by atoms with Gasteiger partial charge >= 0.3 is 0 Å². The lowest BCUT2D eigenvalue weighted by atomic mass is 9.99. The van der Waals surface area contributed by atoms with Gasteiger partial charge in [-0.1, -0.05) is 30.3 Å². The predicted molar refractivity (Wildman–Crippen MR) is 87.6 cm³/mol. The second kappa shape index (κ2) is 8.08. The van der Waals surface area contributed by atoms with E-state index < -0.39 is 5.60 Å². The third kappa shape index (κ3) is 5.26. The van der Waals surface area contributed by atoms with Crippen LogP contribution in [0.3, 0.4) is 0 Å². The van der Waals surface area contributed by atoms with Crippen LogP contribution < -0.4 is 5.32 Å². The Morgan fingerprint density at radius 3 is 2.77 bits per heavy atom. The van der Waals surface area contributed by atoms with Crippen molar-refractivity contribution in [1.29, 1.82) is 0 Å². The van der Waals surface area contributed by atoms with Gasteiger partial charge in [0.25, 0.3) is 0 Å². The smallest absolute Gasteiger partial charge is 0.222 e. The summed E-state index contributed by atoms with van der Waals surface area (Å²) in [4.78, 5) is 11.8. The Hall–Kier alpha value is -1.69. The van der Waals surface area contributed by atoms with Crippen LogP contribution in [0.2, 0.25) is 0 Å². The van der Waals surface area contributed by atoms with E-state index in [-0.39, 0.29) is 18.9 Å². The van der Waals surface area contributed by atoms with Gasteiger partial charge in [-0.3, -0.25) is 4.79 Å². The molecule has 0 spiro atoms. The molecule has 5 heteroatoms. The first-order valence-corrected chi connectivity index (χ1v) is 8.15. The molecule has 1 atom stereocenters. The molecule has 0 saturated heterocycles. The molecule has 1 amide bonds. The molecule has 0 radical (unpaired) electrons. The van der Waals surface area contributed by atoms with E-state index in [0.29, 0.717) is 13.2 Å². The number of amides is 1.